The standard InChI is InChI=1S/C24H29N3O4/c1-17(16-29-3)31-21-14-18(9-10-19-7-5-6-8-22(19)30-4)13-20(15-21)24(28)25-23-11-12-27(2)26-23/h5-8,11-15,17H,9-10,16H2,1-4H3,(H,25,26,28)/t17-/m0/s1. The maximum atomic E-state index is 12.9. The van der Waals surface area contributed by atoms with E-state index in [4.69, 9.17) is 14.2 Å². The Bertz CT molecular complexity index is 1020. The van der Waals surface area contributed by atoms with Crippen LogP contribution in [0, 0.1) is 0 Å². The summed E-state index contributed by atoms with van der Waals surface area (Å²) >= 11 is 0. The van der Waals surface area contributed by atoms with Gasteiger partial charge in [-0.05, 0) is 55.2 Å². The Kier molecular flexibility index (Phi) is 7.67. The summed E-state index contributed by atoms with van der Waals surface area (Å²) in [5, 5.41) is 7.04. The van der Waals surface area contributed by atoms with Gasteiger partial charge in [-0.1, -0.05) is 18.2 Å². The summed E-state index contributed by atoms with van der Waals surface area (Å²) in [6, 6.07) is 15.3. The third kappa shape index (κ3) is 6.33. The second kappa shape index (κ2) is 10.6. The Hall–Kier alpha value is -3.32. The number of anilines is 1. The Morgan fingerprint density at radius 2 is 1.94 bits per heavy atom. The number of nitrogens with zero attached hydrogens (tertiary/aromatic N) is 2. The molecule has 1 aromatic heterocycles. The molecule has 7 heteroatoms. The smallest absolute Gasteiger partial charge is 0.257 e. The molecular formula is C24H29N3O4. The number of methoxy groups -OCH3 is 2. The van der Waals surface area contributed by atoms with Gasteiger partial charge in [-0.25, -0.2) is 0 Å². The molecule has 1 N–H and O–H groups in total. The largest absolute Gasteiger partial charge is 0.496 e. The van der Waals surface area contributed by atoms with E-state index >= 15 is 0 Å². The van der Waals surface area contributed by atoms with E-state index in [1.807, 2.05) is 37.3 Å². The zero-order valence-electron chi connectivity index (χ0n) is 18.4. The molecule has 0 saturated heterocycles. The van der Waals surface area contributed by atoms with Crippen LogP contribution in [-0.2, 0) is 24.6 Å². The number of hydrogen-bond acceptors (Lipinski definition) is 5. The predicted molar refractivity (Wildman–Crippen MR) is 120 cm³/mol. The molecule has 0 fully saturated rings. The highest BCUT2D eigenvalue weighted by Gasteiger charge is 2.14. The van der Waals surface area contributed by atoms with Crippen LogP contribution in [0.25, 0.3) is 0 Å². The fraction of sp³-hybridized carbons (Fsp3) is 0.333. The average Bonchev–Trinajstić information content (AvgIpc) is 3.16. The van der Waals surface area contributed by atoms with Gasteiger partial charge in [0.15, 0.2) is 5.82 Å². The molecule has 0 radical (unpaired) electrons. The number of ether oxygens (including phenoxy) is 3. The Morgan fingerprint density at radius 3 is 2.65 bits per heavy atom. The molecule has 3 aromatic rings. The van der Waals surface area contributed by atoms with Crippen LogP contribution in [0.4, 0.5) is 5.82 Å². The topological polar surface area (TPSA) is 74.6 Å². The van der Waals surface area contributed by atoms with Crippen LogP contribution in [-0.4, -0.2) is 42.6 Å². The molecule has 2 aromatic carbocycles. The summed E-state index contributed by atoms with van der Waals surface area (Å²) in [6.07, 6.45) is 3.16. The van der Waals surface area contributed by atoms with E-state index in [2.05, 4.69) is 16.5 Å². The van der Waals surface area contributed by atoms with Crippen molar-refractivity contribution < 1.29 is 19.0 Å². The van der Waals surface area contributed by atoms with Gasteiger partial charge in [-0.15, -0.1) is 0 Å². The van der Waals surface area contributed by atoms with E-state index in [9.17, 15) is 4.79 Å². The molecule has 0 saturated carbocycles. The van der Waals surface area contributed by atoms with Crippen molar-refractivity contribution in [3.63, 3.8) is 0 Å². The number of nitrogens with one attached hydrogen (secondary N) is 1. The molecule has 1 amide bonds. The van der Waals surface area contributed by atoms with Gasteiger partial charge in [-0.2, -0.15) is 5.10 Å². The molecule has 164 valence electrons. The summed E-state index contributed by atoms with van der Waals surface area (Å²) < 4.78 is 18.3. The van der Waals surface area contributed by atoms with Crippen molar-refractivity contribution >= 4 is 11.7 Å². The maximum Gasteiger partial charge on any atom is 0.257 e. The van der Waals surface area contributed by atoms with Gasteiger partial charge >= 0.3 is 0 Å². The predicted octanol–water partition coefficient (Wildman–Crippen LogP) is 3.88. The fourth-order valence-corrected chi connectivity index (χ4v) is 3.36. The summed E-state index contributed by atoms with van der Waals surface area (Å²) in [7, 11) is 5.11. The highest BCUT2D eigenvalue weighted by Crippen LogP contribution is 2.24. The van der Waals surface area contributed by atoms with Gasteiger partial charge < -0.3 is 19.5 Å². The maximum absolute atomic E-state index is 12.9. The summed E-state index contributed by atoms with van der Waals surface area (Å²) in [4.78, 5) is 12.9. The molecule has 0 unspecified atom stereocenters. The van der Waals surface area contributed by atoms with Crippen molar-refractivity contribution in [2.75, 3.05) is 26.1 Å². The first-order valence-corrected chi connectivity index (χ1v) is 10.2. The number of aryl methyl sites for hydroxylation is 3. The fourth-order valence-electron chi connectivity index (χ4n) is 3.36. The van der Waals surface area contributed by atoms with Gasteiger partial charge in [0.05, 0.1) is 13.7 Å². The molecule has 1 atom stereocenters. The van der Waals surface area contributed by atoms with Gasteiger partial charge in [0.25, 0.3) is 5.91 Å². The molecule has 0 aliphatic heterocycles. The van der Waals surface area contributed by atoms with Crippen molar-refractivity contribution in [1.29, 1.82) is 0 Å². The van der Waals surface area contributed by atoms with Crippen molar-refractivity contribution in [3.8, 4) is 11.5 Å². The third-order valence-electron chi connectivity index (χ3n) is 4.80. The van der Waals surface area contributed by atoms with Crippen molar-refractivity contribution in [1.82, 2.24) is 9.78 Å². The monoisotopic (exact) mass is 423 g/mol. The van der Waals surface area contributed by atoms with E-state index in [1.165, 1.54) is 0 Å². The highest BCUT2D eigenvalue weighted by molar-refractivity contribution is 6.04. The zero-order chi connectivity index (χ0) is 22.2. The number of carbonyl (C=O) groups is 1. The first-order valence-electron chi connectivity index (χ1n) is 10.2. The van der Waals surface area contributed by atoms with Crippen LogP contribution in [0.2, 0.25) is 0 Å². The lowest BCUT2D eigenvalue weighted by Gasteiger charge is -2.16. The van der Waals surface area contributed by atoms with E-state index in [0.29, 0.717) is 23.7 Å². The number of benzene rings is 2. The SMILES string of the molecule is COC[C@H](C)Oc1cc(CCc2ccccc2OC)cc(C(=O)Nc2ccn(C)n2)c1. The minimum atomic E-state index is -0.234. The first kappa shape index (κ1) is 22.4. The molecule has 1 heterocycles. The number of aromatic nitrogens is 2. The van der Waals surface area contributed by atoms with Crippen LogP contribution < -0.4 is 14.8 Å². The van der Waals surface area contributed by atoms with E-state index in [-0.39, 0.29) is 12.0 Å². The molecular weight excluding hydrogens is 394 g/mol. The molecule has 7 nitrogen and oxygen atoms in total. The van der Waals surface area contributed by atoms with Gasteiger partial charge in [0, 0.05) is 32.0 Å². The van der Waals surface area contributed by atoms with Crippen LogP contribution in [0.3, 0.4) is 0 Å². The lowest BCUT2D eigenvalue weighted by atomic mass is 10.0. The summed E-state index contributed by atoms with van der Waals surface area (Å²) in [5.74, 6) is 1.76. The second-order valence-electron chi connectivity index (χ2n) is 7.39. The van der Waals surface area contributed by atoms with Crippen molar-refractivity contribution in [3.05, 3.63) is 71.4 Å². The summed E-state index contributed by atoms with van der Waals surface area (Å²) in [6.45, 7) is 2.39. The van der Waals surface area contributed by atoms with Gasteiger partial charge in [-0.3, -0.25) is 9.48 Å². The normalized spacial score (nSPS) is 11.7. The summed E-state index contributed by atoms with van der Waals surface area (Å²) in [5.41, 5.74) is 2.63. The van der Waals surface area contributed by atoms with E-state index in [0.717, 1.165) is 29.7 Å². The number of rotatable bonds is 10. The highest BCUT2D eigenvalue weighted by atomic mass is 16.5. The molecule has 31 heavy (non-hydrogen) atoms. The average molecular weight is 424 g/mol. The van der Waals surface area contributed by atoms with E-state index in [1.54, 1.807) is 44.3 Å². The van der Waals surface area contributed by atoms with Crippen LogP contribution >= 0.6 is 0 Å². The minimum Gasteiger partial charge on any atom is -0.496 e. The zero-order valence-corrected chi connectivity index (χ0v) is 18.4. The minimum absolute atomic E-state index is 0.138. The number of amides is 1. The van der Waals surface area contributed by atoms with Crippen molar-refractivity contribution in [2.24, 2.45) is 7.05 Å². The molecule has 0 aliphatic carbocycles. The van der Waals surface area contributed by atoms with Gasteiger partial charge in [0.1, 0.15) is 17.6 Å². The van der Waals surface area contributed by atoms with Crippen LogP contribution in [0.5, 0.6) is 11.5 Å². The number of carbonyl (C=O) groups excluding carboxylic acids is 1. The lowest BCUT2D eigenvalue weighted by molar-refractivity contribution is 0.0916. The Morgan fingerprint density at radius 1 is 1.13 bits per heavy atom. The first-order chi connectivity index (χ1) is 15.0. The Labute approximate surface area is 182 Å². The molecule has 0 spiro atoms. The molecule has 3 rings (SSSR count). The van der Waals surface area contributed by atoms with Gasteiger partial charge in [0.2, 0.25) is 0 Å². The Balaban J connectivity index is 1.82. The van der Waals surface area contributed by atoms with Crippen molar-refractivity contribution in [2.45, 2.75) is 25.9 Å². The molecule has 0 aliphatic rings. The van der Waals surface area contributed by atoms with Crippen LogP contribution in [0.1, 0.15) is 28.4 Å². The third-order valence-corrected chi connectivity index (χ3v) is 4.80. The molecule has 0 bridgehead atoms. The number of para-hydroxylation sites is 1. The lowest BCUT2D eigenvalue weighted by Crippen LogP contribution is -2.19. The number of hydrogen-bond donors (Lipinski definition) is 1. The van der Waals surface area contributed by atoms with Crippen LogP contribution in [0.15, 0.2) is 54.7 Å². The quantitative estimate of drug-likeness (QED) is 0.536. The van der Waals surface area contributed by atoms with E-state index < -0.39 is 0 Å². The second-order valence-corrected chi connectivity index (χ2v) is 7.39.